The van der Waals surface area contributed by atoms with Gasteiger partial charge in [0.2, 0.25) is 5.91 Å². The van der Waals surface area contributed by atoms with Crippen molar-refractivity contribution in [1.82, 2.24) is 15.1 Å². The number of nitrogens with zero attached hydrogens (tertiary/aromatic N) is 2. The third-order valence-electron chi connectivity index (χ3n) is 4.57. The highest BCUT2D eigenvalue weighted by Gasteiger charge is 2.32. The van der Waals surface area contributed by atoms with Crippen LogP contribution in [0.3, 0.4) is 0 Å². The van der Waals surface area contributed by atoms with Crippen molar-refractivity contribution in [2.24, 2.45) is 0 Å². The van der Waals surface area contributed by atoms with Gasteiger partial charge in [0.05, 0.1) is 11.4 Å². The molecule has 2 aliphatic rings. The van der Waals surface area contributed by atoms with Crippen LogP contribution in [0.1, 0.15) is 35.0 Å². The van der Waals surface area contributed by atoms with E-state index in [1.165, 1.54) is 11.3 Å². The van der Waals surface area contributed by atoms with Crippen LogP contribution in [0.4, 0.5) is 0 Å². The van der Waals surface area contributed by atoms with Crippen LogP contribution in [0.2, 0.25) is 0 Å². The van der Waals surface area contributed by atoms with Crippen LogP contribution in [-0.4, -0.2) is 60.4 Å². The first-order valence-corrected chi connectivity index (χ1v) is 8.94. The fourth-order valence-electron chi connectivity index (χ4n) is 3.35. The smallest absolute Gasteiger partial charge is 0.264 e. The molecule has 2 saturated heterocycles. The summed E-state index contributed by atoms with van der Waals surface area (Å²) < 4.78 is 0. The number of amides is 2. The van der Waals surface area contributed by atoms with Crippen LogP contribution in [0.25, 0.3) is 0 Å². The molecule has 3 rings (SSSR count). The zero-order valence-corrected chi connectivity index (χ0v) is 15.0. The van der Waals surface area contributed by atoms with Gasteiger partial charge in [-0.1, -0.05) is 6.92 Å². The van der Waals surface area contributed by atoms with Crippen molar-refractivity contribution in [3.05, 3.63) is 21.9 Å². The maximum Gasteiger partial charge on any atom is 0.264 e. The van der Waals surface area contributed by atoms with Gasteiger partial charge in [-0.05, 0) is 36.3 Å². The molecule has 0 aliphatic carbocycles. The van der Waals surface area contributed by atoms with Gasteiger partial charge < -0.3 is 15.1 Å². The number of halogens is 1. The van der Waals surface area contributed by atoms with Crippen molar-refractivity contribution < 1.29 is 9.59 Å². The number of piperazine rings is 1. The number of aryl methyl sites for hydroxylation is 1. The van der Waals surface area contributed by atoms with Gasteiger partial charge in [0.25, 0.3) is 5.91 Å². The largest absolute Gasteiger partial charge is 0.336 e. The van der Waals surface area contributed by atoms with Gasteiger partial charge in [-0.3, -0.25) is 9.59 Å². The molecule has 0 spiro atoms. The number of piperidine rings is 1. The number of carbonyl (C=O) groups is 2. The minimum Gasteiger partial charge on any atom is -0.336 e. The second-order valence-corrected chi connectivity index (χ2v) is 6.86. The number of thiophene rings is 1. The number of rotatable bonds is 3. The summed E-state index contributed by atoms with van der Waals surface area (Å²) in [6.45, 7) is 5.58. The molecule has 1 atom stereocenters. The number of hydrogen-bond donors (Lipinski definition) is 1. The standard InChI is InChI=1S/C16H23N3O2S.ClH/c1-2-12-5-9-22-15(12)16(21)18-7-3-4-13(11-18)19-8-6-17-10-14(19)20;/h5,9,13,17H,2-4,6-8,10-11H2,1H3;1H. The normalized spacial score (nSPS) is 22.0. The van der Waals surface area contributed by atoms with Gasteiger partial charge in [-0.2, -0.15) is 0 Å². The number of likely N-dealkylation sites (tertiary alicyclic amines) is 1. The maximum atomic E-state index is 12.8. The predicted molar refractivity (Wildman–Crippen MR) is 94.5 cm³/mol. The Morgan fingerprint density at radius 3 is 3.00 bits per heavy atom. The average Bonchev–Trinajstić information content (AvgIpc) is 3.03. The molecule has 128 valence electrons. The van der Waals surface area contributed by atoms with Crippen molar-refractivity contribution in [2.45, 2.75) is 32.2 Å². The van der Waals surface area contributed by atoms with Crippen molar-refractivity contribution in [3.63, 3.8) is 0 Å². The SMILES string of the molecule is CCc1ccsc1C(=O)N1CCCC(N2CCNCC2=O)C1.Cl. The first-order valence-electron chi connectivity index (χ1n) is 8.06. The van der Waals surface area contributed by atoms with E-state index in [0.717, 1.165) is 49.3 Å². The van der Waals surface area contributed by atoms with Crippen molar-refractivity contribution in [1.29, 1.82) is 0 Å². The zero-order chi connectivity index (χ0) is 15.5. The average molecular weight is 358 g/mol. The molecule has 5 nitrogen and oxygen atoms in total. The molecule has 7 heteroatoms. The monoisotopic (exact) mass is 357 g/mol. The van der Waals surface area contributed by atoms with Crippen LogP contribution in [-0.2, 0) is 11.2 Å². The van der Waals surface area contributed by atoms with Crippen LogP contribution in [0, 0.1) is 0 Å². The lowest BCUT2D eigenvalue weighted by molar-refractivity contribution is -0.135. The number of hydrogen-bond acceptors (Lipinski definition) is 4. The molecule has 2 aliphatic heterocycles. The van der Waals surface area contributed by atoms with Gasteiger partial charge in [0.15, 0.2) is 0 Å². The highest BCUT2D eigenvalue weighted by atomic mass is 35.5. The first-order chi connectivity index (χ1) is 10.7. The molecule has 2 amide bonds. The highest BCUT2D eigenvalue weighted by Crippen LogP contribution is 2.23. The summed E-state index contributed by atoms with van der Waals surface area (Å²) >= 11 is 1.53. The molecule has 0 bridgehead atoms. The fourth-order valence-corrected chi connectivity index (χ4v) is 4.31. The zero-order valence-electron chi connectivity index (χ0n) is 13.4. The second-order valence-electron chi connectivity index (χ2n) is 5.94. The van der Waals surface area contributed by atoms with Gasteiger partial charge >= 0.3 is 0 Å². The topological polar surface area (TPSA) is 52.7 Å². The Labute approximate surface area is 147 Å². The van der Waals surface area contributed by atoms with E-state index in [1.807, 2.05) is 21.2 Å². The molecular weight excluding hydrogens is 334 g/mol. The number of nitrogens with one attached hydrogen (secondary N) is 1. The van der Waals surface area contributed by atoms with E-state index in [4.69, 9.17) is 0 Å². The minimum atomic E-state index is 0. The molecule has 2 fully saturated rings. The lowest BCUT2D eigenvalue weighted by atomic mass is 10.0. The van der Waals surface area contributed by atoms with Gasteiger partial charge in [0.1, 0.15) is 0 Å². The van der Waals surface area contributed by atoms with Gasteiger partial charge in [-0.25, -0.2) is 0 Å². The summed E-state index contributed by atoms with van der Waals surface area (Å²) in [6, 6.07) is 2.22. The van der Waals surface area contributed by atoms with Crippen molar-refractivity contribution >= 4 is 35.6 Å². The van der Waals surface area contributed by atoms with E-state index in [2.05, 4.69) is 12.2 Å². The van der Waals surface area contributed by atoms with Gasteiger partial charge in [-0.15, -0.1) is 23.7 Å². The predicted octanol–water partition coefficient (Wildman–Crippen LogP) is 1.77. The molecule has 0 saturated carbocycles. The van der Waals surface area contributed by atoms with E-state index in [-0.39, 0.29) is 30.3 Å². The van der Waals surface area contributed by atoms with Crippen LogP contribution < -0.4 is 5.32 Å². The highest BCUT2D eigenvalue weighted by molar-refractivity contribution is 7.12. The van der Waals surface area contributed by atoms with Crippen LogP contribution >= 0.6 is 23.7 Å². The molecule has 1 unspecified atom stereocenters. The van der Waals surface area contributed by atoms with Gasteiger partial charge in [0, 0.05) is 32.2 Å². The number of carbonyl (C=O) groups excluding carboxylic acids is 2. The molecular formula is C16H24ClN3O2S. The van der Waals surface area contributed by atoms with Crippen LogP contribution in [0.15, 0.2) is 11.4 Å². The van der Waals surface area contributed by atoms with Crippen LogP contribution in [0.5, 0.6) is 0 Å². The molecule has 23 heavy (non-hydrogen) atoms. The molecule has 1 aromatic rings. The Kier molecular flexibility index (Phi) is 6.44. The van der Waals surface area contributed by atoms with E-state index in [0.29, 0.717) is 13.1 Å². The van der Waals surface area contributed by atoms with E-state index >= 15 is 0 Å². The Morgan fingerprint density at radius 1 is 1.43 bits per heavy atom. The summed E-state index contributed by atoms with van der Waals surface area (Å²) in [5.41, 5.74) is 1.13. The van der Waals surface area contributed by atoms with E-state index in [1.54, 1.807) is 0 Å². The summed E-state index contributed by atoms with van der Waals surface area (Å²) in [5.74, 6) is 0.301. The minimum absolute atomic E-state index is 0. The summed E-state index contributed by atoms with van der Waals surface area (Å²) in [6.07, 6.45) is 2.86. The quantitative estimate of drug-likeness (QED) is 0.897. The molecule has 3 heterocycles. The molecule has 0 aromatic carbocycles. The molecule has 1 N–H and O–H groups in total. The first kappa shape index (κ1) is 18.2. The van der Waals surface area contributed by atoms with E-state index < -0.39 is 0 Å². The maximum absolute atomic E-state index is 12.8. The molecule has 1 aromatic heterocycles. The lowest BCUT2D eigenvalue weighted by Crippen LogP contribution is -2.57. The van der Waals surface area contributed by atoms with Crippen molar-refractivity contribution in [3.8, 4) is 0 Å². The van der Waals surface area contributed by atoms with E-state index in [9.17, 15) is 9.59 Å². The summed E-state index contributed by atoms with van der Waals surface area (Å²) in [4.78, 5) is 29.6. The Balaban J connectivity index is 0.00000192. The summed E-state index contributed by atoms with van der Waals surface area (Å²) in [7, 11) is 0. The second kappa shape index (κ2) is 8.13. The molecule has 0 radical (unpaired) electrons. The fraction of sp³-hybridized carbons (Fsp3) is 0.625. The third kappa shape index (κ3) is 3.87. The Morgan fingerprint density at radius 2 is 2.26 bits per heavy atom. The summed E-state index contributed by atoms with van der Waals surface area (Å²) in [5, 5.41) is 5.10. The lowest BCUT2D eigenvalue weighted by Gasteiger charge is -2.41. The third-order valence-corrected chi connectivity index (χ3v) is 5.52. The van der Waals surface area contributed by atoms with Crippen molar-refractivity contribution in [2.75, 3.05) is 32.7 Å². The Hall–Kier alpha value is -1.11. The Bertz CT molecular complexity index is 563.